The smallest absolute Gasteiger partial charge is 0.223 e. The van der Waals surface area contributed by atoms with E-state index in [9.17, 15) is 13.2 Å². The monoisotopic (exact) mass is 393 g/mol. The number of rotatable bonds is 4. The largest absolute Gasteiger partial charge is 0.353 e. The zero-order valence-electron chi connectivity index (χ0n) is 15.0. The summed E-state index contributed by atoms with van der Waals surface area (Å²) in [7, 11) is -3.13. The number of amides is 1. The van der Waals surface area contributed by atoms with Gasteiger partial charge in [-0.15, -0.1) is 12.4 Å². The summed E-state index contributed by atoms with van der Waals surface area (Å²) in [6.07, 6.45) is 6.90. The maximum absolute atomic E-state index is 12.7. The Kier molecular flexibility index (Phi) is 7.16. The molecule has 0 radical (unpaired) electrons. The molecule has 2 atom stereocenters. The van der Waals surface area contributed by atoms with Crippen LogP contribution < -0.4 is 11.1 Å². The minimum Gasteiger partial charge on any atom is -0.353 e. The van der Waals surface area contributed by atoms with Gasteiger partial charge in [0, 0.05) is 31.1 Å². The van der Waals surface area contributed by atoms with Crippen LogP contribution in [0.5, 0.6) is 0 Å². The molecule has 25 heavy (non-hydrogen) atoms. The van der Waals surface area contributed by atoms with Crippen molar-refractivity contribution in [1.29, 1.82) is 0 Å². The Bertz CT molecular complexity index is 549. The van der Waals surface area contributed by atoms with E-state index in [1.807, 2.05) is 0 Å². The third-order valence-electron chi connectivity index (χ3n) is 6.27. The summed E-state index contributed by atoms with van der Waals surface area (Å²) in [6.45, 7) is 2.61. The Morgan fingerprint density at radius 1 is 1.12 bits per heavy atom. The van der Waals surface area contributed by atoms with Crippen LogP contribution >= 0.6 is 12.4 Å². The molecular weight excluding hydrogens is 362 g/mol. The lowest BCUT2D eigenvalue weighted by Crippen LogP contribution is -2.55. The Morgan fingerprint density at radius 3 is 2.20 bits per heavy atom. The highest BCUT2D eigenvalue weighted by atomic mass is 35.5. The minimum atomic E-state index is -3.13. The van der Waals surface area contributed by atoms with Gasteiger partial charge >= 0.3 is 0 Å². The summed E-state index contributed by atoms with van der Waals surface area (Å²) in [5.74, 6) is 1.26. The SMILES string of the molecule is CCS(=O)(=O)N1CCC(C(=O)NC2C3CCCC2CC(N)C3)CC1.Cl. The Morgan fingerprint density at radius 2 is 1.68 bits per heavy atom. The van der Waals surface area contributed by atoms with E-state index in [-0.39, 0.29) is 42.1 Å². The first-order chi connectivity index (χ1) is 11.4. The quantitative estimate of drug-likeness (QED) is 0.756. The fraction of sp³-hybridized carbons (Fsp3) is 0.941. The Balaban J connectivity index is 0.00000225. The highest BCUT2D eigenvalue weighted by Gasteiger charge is 2.41. The van der Waals surface area contributed by atoms with Gasteiger partial charge in [-0.2, -0.15) is 0 Å². The standard InChI is InChI=1S/C17H31N3O3S.ClH/c1-2-24(22,23)20-8-6-12(7-9-20)17(21)19-16-13-4-3-5-14(16)11-15(18)10-13;/h12-16H,2-11,18H2,1H3,(H,19,21);1H. The van der Waals surface area contributed by atoms with Crippen LogP contribution in [0.1, 0.15) is 51.9 Å². The number of nitrogens with one attached hydrogen (secondary N) is 1. The molecule has 2 saturated carbocycles. The topological polar surface area (TPSA) is 92.5 Å². The molecule has 2 bridgehead atoms. The maximum atomic E-state index is 12.7. The van der Waals surface area contributed by atoms with E-state index in [1.165, 1.54) is 23.6 Å². The van der Waals surface area contributed by atoms with E-state index in [2.05, 4.69) is 5.32 Å². The predicted molar refractivity (Wildman–Crippen MR) is 101 cm³/mol. The van der Waals surface area contributed by atoms with Crippen molar-refractivity contribution in [2.75, 3.05) is 18.8 Å². The van der Waals surface area contributed by atoms with Gasteiger partial charge in [-0.1, -0.05) is 6.42 Å². The number of carbonyl (C=O) groups is 1. The molecule has 0 aromatic carbocycles. The van der Waals surface area contributed by atoms with Crippen LogP contribution in [-0.2, 0) is 14.8 Å². The van der Waals surface area contributed by atoms with E-state index in [4.69, 9.17) is 5.73 Å². The van der Waals surface area contributed by atoms with Gasteiger partial charge in [0.1, 0.15) is 0 Å². The summed E-state index contributed by atoms with van der Waals surface area (Å²) in [4.78, 5) is 12.7. The van der Waals surface area contributed by atoms with Gasteiger partial charge in [-0.25, -0.2) is 12.7 Å². The van der Waals surface area contributed by atoms with Crippen molar-refractivity contribution < 1.29 is 13.2 Å². The average molecular weight is 394 g/mol. The average Bonchev–Trinajstić information content (AvgIpc) is 2.55. The van der Waals surface area contributed by atoms with Crippen molar-refractivity contribution in [2.24, 2.45) is 23.5 Å². The molecule has 2 unspecified atom stereocenters. The minimum absolute atomic E-state index is 0. The summed E-state index contributed by atoms with van der Waals surface area (Å²) in [6, 6.07) is 0.569. The number of hydrogen-bond donors (Lipinski definition) is 2. The number of nitrogens with zero attached hydrogens (tertiary/aromatic N) is 1. The second-order valence-corrected chi connectivity index (χ2v) is 10.0. The number of sulfonamides is 1. The van der Waals surface area contributed by atoms with Gasteiger partial charge in [-0.05, 0) is 57.3 Å². The van der Waals surface area contributed by atoms with Gasteiger partial charge in [0.2, 0.25) is 15.9 Å². The molecule has 1 saturated heterocycles. The van der Waals surface area contributed by atoms with Crippen molar-refractivity contribution in [1.82, 2.24) is 9.62 Å². The normalized spacial score (nSPS) is 34.2. The van der Waals surface area contributed by atoms with Crippen LogP contribution in [0.2, 0.25) is 0 Å². The molecule has 1 aliphatic heterocycles. The van der Waals surface area contributed by atoms with Gasteiger partial charge in [0.05, 0.1) is 5.75 Å². The highest BCUT2D eigenvalue weighted by molar-refractivity contribution is 7.89. The molecular formula is C17H32ClN3O3S. The van der Waals surface area contributed by atoms with Crippen LogP contribution in [0.25, 0.3) is 0 Å². The molecule has 3 N–H and O–H groups in total. The van der Waals surface area contributed by atoms with E-state index < -0.39 is 10.0 Å². The molecule has 3 aliphatic rings. The van der Waals surface area contributed by atoms with Crippen LogP contribution in [0.15, 0.2) is 0 Å². The fourth-order valence-corrected chi connectivity index (χ4v) is 6.02. The van der Waals surface area contributed by atoms with Crippen molar-refractivity contribution in [2.45, 2.75) is 64.0 Å². The summed E-state index contributed by atoms with van der Waals surface area (Å²) in [5.41, 5.74) is 6.15. The first kappa shape index (κ1) is 20.9. The lowest BCUT2D eigenvalue weighted by atomic mass is 9.67. The van der Waals surface area contributed by atoms with Crippen LogP contribution in [0.4, 0.5) is 0 Å². The molecule has 0 aromatic rings. The van der Waals surface area contributed by atoms with Crippen LogP contribution in [-0.4, -0.2) is 49.6 Å². The van der Waals surface area contributed by atoms with Crippen LogP contribution in [0, 0.1) is 17.8 Å². The van der Waals surface area contributed by atoms with Gasteiger partial charge in [-0.3, -0.25) is 4.79 Å². The van der Waals surface area contributed by atoms with Crippen molar-refractivity contribution in [3.8, 4) is 0 Å². The molecule has 0 aromatic heterocycles. The molecule has 2 aliphatic carbocycles. The number of halogens is 1. The second-order valence-electron chi connectivity index (χ2n) is 7.79. The molecule has 3 rings (SSSR count). The Hall–Kier alpha value is -0.370. The second kappa shape index (κ2) is 8.55. The lowest BCUT2D eigenvalue weighted by Gasteiger charge is -2.45. The molecule has 3 fully saturated rings. The molecule has 1 heterocycles. The lowest BCUT2D eigenvalue weighted by molar-refractivity contribution is -0.128. The third kappa shape index (κ3) is 4.67. The number of fused-ring (bicyclic) bond motifs is 2. The van der Waals surface area contributed by atoms with Gasteiger partial charge in [0.25, 0.3) is 0 Å². The van der Waals surface area contributed by atoms with Crippen molar-refractivity contribution >= 4 is 28.3 Å². The van der Waals surface area contributed by atoms with Gasteiger partial charge < -0.3 is 11.1 Å². The van der Waals surface area contributed by atoms with Crippen LogP contribution in [0.3, 0.4) is 0 Å². The number of piperidine rings is 1. The first-order valence-electron chi connectivity index (χ1n) is 9.44. The van der Waals surface area contributed by atoms with Crippen molar-refractivity contribution in [3.05, 3.63) is 0 Å². The first-order valence-corrected chi connectivity index (χ1v) is 11.1. The molecule has 8 heteroatoms. The van der Waals surface area contributed by atoms with E-state index >= 15 is 0 Å². The maximum Gasteiger partial charge on any atom is 0.223 e. The van der Waals surface area contributed by atoms with Gasteiger partial charge in [0.15, 0.2) is 0 Å². The molecule has 0 spiro atoms. The van der Waals surface area contributed by atoms with E-state index in [0.717, 1.165) is 12.8 Å². The molecule has 146 valence electrons. The summed E-state index contributed by atoms with van der Waals surface area (Å²) < 4.78 is 25.4. The molecule has 6 nitrogen and oxygen atoms in total. The van der Waals surface area contributed by atoms with E-state index in [0.29, 0.717) is 37.8 Å². The summed E-state index contributed by atoms with van der Waals surface area (Å²) in [5, 5.41) is 3.32. The number of nitrogens with two attached hydrogens (primary N) is 1. The fourth-order valence-electron chi connectivity index (χ4n) is 4.89. The zero-order valence-corrected chi connectivity index (χ0v) is 16.7. The highest BCUT2D eigenvalue weighted by Crippen LogP contribution is 2.40. The number of hydrogen-bond acceptors (Lipinski definition) is 4. The predicted octanol–water partition coefficient (Wildman–Crippen LogP) is 1.49. The number of carbonyl (C=O) groups excluding carboxylic acids is 1. The summed E-state index contributed by atoms with van der Waals surface area (Å²) >= 11 is 0. The molecule has 1 amide bonds. The Labute approximate surface area is 157 Å². The zero-order chi connectivity index (χ0) is 17.3. The third-order valence-corrected chi connectivity index (χ3v) is 8.15. The van der Waals surface area contributed by atoms with E-state index in [1.54, 1.807) is 6.92 Å². The van der Waals surface area contributed by atoms with Crippen molar-refractivity contribution in [3.63, 3.8) is 0 Å².